The second-order valence-corrected chi connectivity index (χ2v) is 9.61. The second-order valence-electron chi connectivity index (χ2n) is 3.87. The molecule has 19 heavy (non-hydrogen) atoms. The van der Waals surface area contributed by atoms with Gasteiger partial charge in [-0.05, 0) is 46.6 Å². The molecule has 102 valence electrons. The Hall–Kier alpha value is -0.370. The van der Waals surface area contributed by atoms with Crippen LogP contribution in [0.3, 0.4) is 0 Å². The van der Waals surface area contributed by atoms with E-state index in [4.69, 9.17) is 0 Å². The van der Waals surface area contributed by atoms with Gasteiger partial charge in [-0.3, -0.25) is 4.72 Å². The summed E-state index contributed by atoms with van der Waals surface area (Å²) in [6.45, 7) is 1.95. The van der Waals surface area contributed by atoms with Crippen molar-refractivity contribution in [2.24, 2.45) is 0 Å². The van der Waals surface area contributed by atoms with Gasteiger partial charge in [-0.1, -0.05) is 34.1 Å². The third-order valence-corrected chi connectivity index (χ3v) is 6.42. The van der Waals surface area contributed by atoms with E-state index in [1.165, 1.54) is 11.3 Å². The average Bonchev–Trinajstić information content (AvgIpc) is 2.76. The fraction of sp³-hybridized carbons (Fsp3) is 0.167. The van der Waals surface area contributed by atoms with Gasteiger partial charge >= 0.3 is 0 Å². The molecular weight excluding hydrogens is 414 g/mol. The lowest BCUT2D eigenvalue weighted by Crippen LogP contribution is -2.13. The number of thiophene rings is 1. The number of para-hydroxylation sites is 1. The molecule has 0 bridgehead atoms. The highest BCUT2D eigenvalue weighted by Gasteiger charge is 2.18. The third-order valence-electron chi connectivity index (χ3n) is 2.45. The molecule has 0 aliphatic heterocycles. The molecular formula is C12H11Br2NO2S2. The maximum Gasteiger partial charge on any atom is 0.271 e. The number of alkyl halides is 1. The summed E-state index contributed by atoms with van der Waals surface area (Å²) >= 11 is 7.91. The first-order chi connectivity index (χ1) is 8.90. The van der Waals surface area contributed by atoms with Crippen molar-refractivity contribution < 1.29 is 8.42 Å². The van der Waals surface area contributed by atoms with Crippen molar-refractivity contribution in [2.75, 3.05) is 4.72 Å². The number of anilines is 1. The van der Waals surface area contributed by atoms with Crippen molar-refractivity contribution in [3.05, 3.63) is 45.7 Å². The zero-order chi connectivity index (χ0) is 14.0. The number of sulfonamides is 1. The van der Waals surface area contributed by atoms with Gasteiger partial charge in [0.05, 0.1) is 9.47 Å². The zero-order valence-corrected chi connectivity index (χ0v) is 14.7. The van der Waals surface area contributed by atoms with Gasteiger partial charge in [0.25, 0.3) is 10.0 Å². The SMILES string of the molecule is CC(Br)c1ccccc1NS(=O)(=O)c1ccc(Br)s1. The number of benzene rings is 1. The first-order valence-electron chi connectivity index (χ1n) is 5.41. The molecule has 1 atom stereocenters. The van der Waals surface area contributed by atoms with E-state index >= 15 is 0 Å². The first kappa shape index (κ1) is 15.0. The first-order valence-corrected chi connectivity index (χ1v) is 9.42. The van der Waals surface area contributed by atoms with Crippen LogP contribution in [-0.4, -0.2) is 8.42 Å². The van der Waals surface area contributed by atoms with Crippen molar-refractivity contribution in [1.29, 1.82) is 0 Å². The maximum absolute atomic E-state index is 12.3. The van der Waals surface area contributed by atoms with Gasteiger partial charge in [-0.2, -0.15) is 0 Å². The summed E-state index contributed by atoms with van der Waals surface area (Å²) in [5.41, 5.74) is 1.50. The van der Waals surface area contributed by atoms with Gasteiger partial charge in [0, 0.05) is 4.83 Å². The van der Waals surface area contributed by atoms with Crippen LogP contribution in [-0.2, 0) is 10.0 Å². The lowest BCUT2D eigenvalue weighted by molar-refractivity contribution is 0.603. The average molecular weight is 425 g/mol. The number of nitrogens with one attached hydrogen (secondary N) is 1. The van der Waals surface area contributed by atoms with Crippen LogP contribution in [0.1, 0.15) is 17.3 Å². The Bertz CT molecular complexity index is 681. The quantitative estimate of drug-likeness (QED) is 0.718. The number of hydrogen-bond acceptors (Lipinski definition) is 3. The summed E-state index contributed by atoms with van der Waals surface area (Å²) in [6.07, 6.45) is 0. The van der Waals surface area contributed by atoms with Crippen LogP contribution in [0.15, 0.2) is 44.4 Å². The molecule has 3 nitrogen and oxygen atoms in total. The summed E-state index contributed by atoms with van der Waals surface area (Å²) in [5.74, 6) is 0. The molecule has 1 aromatic heterocycles. The topological polar surface area (TPSA) is 46.2 Å². The van der Waals surface area contributed by atoms with Crippen LogP contribution < -0.4 is 4.72 Å². The fourth-order valence-electron chi connectivity index (χ4n) is 1.57. The molecule has 1 aromatic carbocycles. The van der Waals surface area contributed by atoms with E-state index in [-0.39, 0.29) is 9.04 Å². The number of rotatable bonds is 4. The van der Waals surface area contributed by atoms with Gasteiger partial charge in [0.15, 0.2) is 0 Å². The van der Waals surface area contributed by atoms with Crippen LogP contribution in [0.25, 0.3) is 0 Å². The number of hydrogen-bond donors (Lipinski definition) is 1. The lowest BCUT2D eigenvalue weighted by Gasteiger charge is -2.13. The molecule has 0 amide bonds. The molecule has 0 saturated carbocycles. The Balaban J connectivity index is 2.36. The molecule has 0 spiro atoms. The normalized spacial score (nSPS) is 13.2. The lowest BCUT2D eigenvalue weighted by atomic mass is 10.1. The fourth-order valence-corrected chi connectivity index (χ4v) is 5.07. The molecule has 7 heteroatoms. The van der Waals surface area contributed by atoms with Gasteiger partial charge in [0.2, 0.25) is 0 Å². The molecule has 1 heterocycles. The maximum atomic E-state index is 12.3. The van der Waals surface area contributed by atoms with Crippen molar-refractivity contribution in [3.63, 3.8) is 0 Å². The monoisotopic (exact) mass is 423 g/mol. The number of halogens is 2. The van der Waals surface area contributed by atoms with E-state index in [1.54, 1.807) is 24.3 Å². The Morgan fingerprint density at radius 3 is 2.47 bits per heavy atom. The summed E-state index contributed by atoms with van der Waals surface area (Å²) in [7, 11) is -3.53. The summed E-state index contributed by atoms with van der Waals surface area (Å²) in [4.78, 5) is 0.0708. The predicted octanol–water partition coefficient (Wildman–Crippen LogP) is 4.77. The Kier molecular flexibility index (Phi) is 4.70. The smallest absolute Gasteiger partial charge is 0.271 e. The zero-order valence-electron chi connectivity index (χ0n) is 9.93. The van der Waals surface area contributed by atoms with Gasteiger partial charge in [-0.15, -0.1) is 11.3 Å². The molecule has 0 aliphatic rings. The van der Waals surface area contributed by atoms with Crippen molar-refractivity contribution in [1.82, 2.24) is 0 Å². The molecule has 2 aromatic rings. The van der Waals surface area contributed by atoms with E-state index in [0.29, 0.717) is 5.69 Å². The molecule has 0 radical (unpaired) electrons. The molecule has 1 unspecified atom stereocenters. The highest BCUT2D eigenvalue weighted by molar-refractivity contribution is 9.11. The van der Waals surface area contributed by atoms with Crippen LogP contribution in [0.4, 0.5) is 5.69 Å². The van der Waals surface area contributed by atoms with Crippen molar-refractivity contribution in [2.45, 2.75) is 16.0 Å². The van der Waals surface area contributed by atoms with Crippen molar-refractivity contribution >= 4 is 58.9 Å². The Labute approximate surface area is 133 Å². The van der Waals surface area contributed by atoms with Gasteiger partial charge in [-0.25, -0.2) is 8.42 Å². The summed E-state index contributed by atoms with van der Waals surface area (Å²) in [5, 5.41) is 0. The second kappa shape index (κ2) is 5.95. The van der Waals surface area contributed by atoms with Gasteiger partial charge < -0.3 is 0 Å². The molecule has 0 aliphatic carbocycles. The largest absolute Gasteiger partial charge is 0.279 e. The van der Waals surface area contributed by atoms with E-state index in [1.807, 2.05) is 19.1 Å². The molecule has 0 fully saturated rings. The minimum atomic E-state index is -3.53. The van der Waals surface area contributed by atoms with E-state index < -0.39 is 10.0 Å². The highest BCUT2D eigenvalue weighted by atomic mass is 79.9. The van der Waals surface area contributed by atoms with Crippen LogP contribution in [0.5, 0.6) is 0 Å². The molecule has 2 rings (SSSR count). The van der Waals surface area contributed by atoms with E-state index in [2.05, 4.69) is 36.6 Å². The van der Waals surface area contributed by atoms with Crippen LogP contribution >= 0.6 is 43.2 Å². The Morgan fingerprint density at radius 2 is 1.89 bits per heavy atom. The molecule has 0 saturated heterocycles. The minimum absolute atomic E-state index is 0.0708. The standard InChI is InChI=1S/C12H11Br2NO2S2/c1-8(13)9-4-2-3-5-10(9)15-19(16,17)12-7-6-11(14)18-12/h2-8,15H,1H3. The predicted molar refractivity (Wildman–Crippen MR) is 86.6 cm³/mol. The van der Waals surface area contributed by atoms with E-state index in [0.717, 1.165) is 9.35 Å². The van der Waals surface area contributed by atoms with Crippen LogP contribution in [0.2, 0.25) is 0 Å². The van der Waals surface area contributed by atoms with E-state index in [9.17, 15) is 8.42 Å². The summed E-state index contributed by atoms with van der Waals surface area (Å²) < 4.78 is 28.2. The molecule has 1 N–H and O–H groups in total. The minimum Gasteiger partial charge on any atom is -0.279 e. The van der Waals surface area contributed by atoms with Crippen LogP contribution in [0, 0.1) is 0 Å². The Morgan fingerprint density at radius 1 is 1.21 bits per heavy atom. The van der Waals surface area contributed by atoms with Crippen molar-refractivity contribution in [3.8, 4) is 0 Å². The highest BCUT2D eigenvalue weighted by Crippen LogP contribution is 2.32. The van der Waals surface area contributed by atoms with Gasteiger partial charge in [0.1, 0.15) is 4.21 Å². The third kappa shape index (κ3) is 3.59. The summed E-state index contributed by atoms with van der Waals surface area (Å²) in [6, 6.07) is 10.6.